The lowest BCUT2D eigenvalue weighted by molar-refractivity contribution is 0.545. The summed E-state index contributed by atoms with van der Waals surface area (Å²) >= 11 is 9.60. The summed E-state index contributed by atoms with van der Waals surface area (Å²) < 4.78 is 0. The number of halogens is 2. The van der Waals surface area contributed by atoms with Crippen molar-refractivity contribution in [1.29, 1.82) is 0 Å². The highest BCUT2D eigenvalue weighted by Crippen LogP contribution is 2.42. The van der Waals surface area contributed by atoms with Gasteiger partial charge in [-0.05, 0) is 42.4 Å². The molecule has 1 aliphatic rings. The smallest absolute Gasteiger partial charge is 0.0406 e. The Morgan fingerprint density at radius 1 is 1.21 bits per heavy atom. The van der Waals surface area contributed by atoms with Crippen LogP contribution in [0.4, 0.5) is 0 Å². The molecule has 1 aromatic carbocycles. The molecule has 2 heteroatoms. The minimum absolute atomic E-state index is 0.683. The second-order valence-electron chi connectivity index (χ2n) is 4.11. The van der Waals surface area contributed by atoms with Crippen LogP contribution >= 0.6 is 27.5 Å². The van der Waals surface area contributed by atoms with Crippen LogP contribution in [-0.4, -0.2) is 4.83 Å². The molecule has 1 fully saturated rings. The highest BCUT2D eigenvalue weighted by molar-refractivity contribution is 9.09. The van der Waals surface area contributed by atoms with Crippen molar-refractivity contribution in [3.8, 4) is 0 Å². The zero-order valence-corrected chi connectivity index (χ0v) is 10.6. The van der Waals surface area contributed by atoms with E-state index >= 15 is 0 Å². The Kier molecular flexibility index (Phi) is 3.18. The number of rotatable bonds is 1. The maximum Gasteiger partial charge on any atom is 0.0406 e. The van der Waals surface area contributed by atoms with Crippen LogP contribution in [0.15, 0.2) is 24.3 Å². The van der Waals surface area contributed by atoms with Gasteiger partial charge in [-0.15, -0.1) is 0 Å². The summed E-state index contributed by atoms with van der Waals surface area (Å²) in [5.41, 5.74) is 1.43. The lowest BCUT2D eigenvalue weighted by Gasteiger charge is -2.17. The van der Waals surface area contributed by atoms with E-state index in [0.29, 0.717) is 10.7 Å². The van der Waals surface area contributed by atoms with Crippen LogP contribution < -0.4 is 0 Å². The number of hydrogen-bond acceptors (Lipinski definition) is 0. The van der Waals surface area contributed by atoms with Crippen molar-refractivity contribution in [2.45, 2.75) is 30.5 Å². The molecular formula is C12H14BrCl. The Morgan fingerprint density at radius 2 is 1.86 bits per heavy atom. The van der Waals surface area contributed by atoms with Gasteiger partial charge in [-0.25, -0.2) is 0 Å². The average molecular weight is 274 g/mol. The third kappa shape index (κ3) is 1.99. The Hall–Kier alpha value is -0.0100. The van der Waals surface area contributed by atoms with Crippen LogP contribution in [-0.2, 0) is 0 Å². The summed E-state index contributed by atoms with van der Waals surface area (Å²) in [5.74, 6) is 1.44. The molecule has 1 aromatic rings. The minimum atomic E-state index is 0.683. The third-order valence-electron chi connectivity index (χ3n) is 3.26. The fraction of sp³-hybridized carbons (Fsp3) is 0.500. The van der Waals surface area contributed by atoms with Gasteiger partial charge in [0.15, 0.2) is 0 Å². The van der Waals surface area contributed by atoms with Crippen LogP contribution in [0, 0.1) is 5.92 Å². The highest BCUT2D eigenvalue weighted by Gasteiger charge is 2.31. The second-order valence-corrected chi connectivity index (χ2v) is 5.72. The Balaban J connectivity index is 2.19. The van der Waals surface area contributed by atoms with Crippen molar-refractivity contribution in [1.82, 2.24) is 0 Å². The standard InChI is InChI=1S/C12H14BrCl/c1-8-11(6-7-12(8)13)9-2-4-10(14)5-3-9/h2-5,8,11-12H,6-7H2,1H3. The molecule has 0 bridgehead atoms. The van der Waals surface area contributed by atoms with Crippen molar-refractivity contribution in [2.75, 3.05) is 0 Å². The van der Waals surface area contributed by atoms with Crippen molar-refractivity contribution >= 4 is 27.5 Å². The summed E-state index contributed by atoms with van der Waals surface area (Å²) in [5, 5.41) is 0.829. The fourth-order valence-electron chi connectivity index (χ4n) is 2.30. The molecule has 3 unspecified atom stereocenters. The molecule has 0 saturated heterocycles. The molecule has 0 amide bonds. The van der Waals surface area contributed by atoms with Crippen LogP contribution in [0.1, 0.15) is 31.2 Å². The van der Waals surface area contributed by atoms with Crippen LogP contribution in [0.3, 0.4) is 0 Å². The molecule has 14 heavy (non-hydrogen) atoms. The molecular weight excluding hydrogens is 259 g/mol. The topological polar surface area (TPSA) is 0 Å². The van der Waals surface area contributed by atoms with E-state index in [9.17, 15) is 0 Å². The monoisotopic (exact) mass is 272 g/mol. The van der Waals surface area contributed by atoms with Gasteiger partial charge in [0.25, 0.3) is 0 Å². The van der Waals surface area contributed by atoms with E-state index in [2.05, 4.69) is 35.0 Å². The first-order valence-electron chi connectivity index (χ1n) is 5.08. The van der Waals surface area contributed by atoms with Gasteiger partial charge >= 0.3 is 0 Å². The third-order valence-corrected chi connectivity index (χ3v) is 4.80. The normalized spacial score (nSPS) is 32.1. The summed E-state index contributed by atoms with van der Waals surface area (Å²) in [6.45, 7) is 2.33. The Labute approximate surface area is 98.8 Å². The van der Waals surface area contributed by atoms with Gasteiger partial charge < -0.3 is 0 Å². The first-order valence-corrected chi connectivity index (χ1v) is 6.37. The van der Waals surface area contributed by atoms with Gasteiger partial charge in [0.05, 0.1) is 0 Å². The SMILES string of the molecule is CC1C(Br)CCC1c1ccc(Cl)cc1. The van der Waals surface area contributed by atoms with Crippen LogP contribution in [0.2, 0.25) is 5.02 Å². The van der Waals surface area contributed by atoms with Gasteiger partial charge in [-0.3, -0.25) is 0 Å². The zero-order chi connectivity index (χ0) is 10.1. The first kappa shape index (κ1) is 10.5. The molecule has 0 heterocycles. The van der Waals surface area contributed by atoms with E-state index < -0.39 is 0 Å². The van der Waals surface area contributed by atoms with Crippen LogP contribution in [0.25, 0.3) is 0 Å². The lowest BCUT2D eigenvalue weighted by atomic mass is 9.90. The number of benzene rings is 1. The molecule has 0 aromatic heterocycles. The summed E-state index contributed by atoms with van der Waals surface area (Å²) in [6, 6.07) is 8.30. The molecule has 2 rings (SSSR count). The summed E-state index contributed by atoms with van der Waals surface area (Å²) in [4.78, 5) is 0.683. The first-order chi connectivity index (χ1) is 6.68. The van der Waals surface area contributed by atoms with Gasteiger partial charge in [-0.1, -0.05) is 46.6 Å². The molecule has 0 N–H and O–H groups in total. The van der Waals surface area contributed by atoms with Crippen molar-refractivity contribution in [3.05, 3.63) is 34.9 Å². The van der Waals surface area contributed by atoms with Gasteiger partial charge in [0, 0.05) is 9.85 Å². The molecule has 76 valence electrons. The minimum Gasteiger partial charge on any atom is -0.0888 e. The maximum absolute atomic E-state index is 5.87. The maximum atomic E-state index is 5.87. The summed E-state index contributed by atoms with van der Waals surface area (Å²) in [6.07, 6.45) is 2.58. The van der Waals surface area contributed by atoms with E-state index in [-0.39, 0.29) is 0 Å². The molecule has 0 radical (unpaired) electrons. The Bertz CT molecular complexity index is 307. The largest absolute Gasteiger partial charge is 0.0888 e. The Morgan fingerprint density at radius 3 is 2.36 bits per heavy atom. The van der Waals surface area contributed by atoms with Gasteiger partial charge in [-0.2, -0.15) is 0 Å². The average Bonchev–Trinajstić information content (AvgIpc) is 2.50. The predicted molar refractivity (Wildman–Crippen MR) is 65.3 cm³/mol. The molecule has 1 saturated carbocycles. The van der Waals surface area contributed by atoms with E-state index in [1.807, 2.05) is 12.1 Å². The van der Waals surface area contributed by atoms with Crippen LogP contribution in [0.5, 0.6) is 0 Å². The molecule has 0 aliphatic heterocycles. The molecule has 0 nitrogen and oxygen atoms in total. The van der Waals surface area contributed by atoms with Gasteiger partial charge in [0.2, 0.25) is 0 Å². The summed E-state index contributed by atoms with van der Waals surface area (Å²) in [7, 11) is 0. The zero-order valence-electron chi connectivity index (χ0n) is 8.21. The lowest BCUT2D eigenvalue weighted by Crippen LogP contribution is -2.08. The van der Waals surface area contributed by atoms with E-state index in [1.165, 1.54) is 18.4 Å². The van der Waals surface area contributed by atoms with E-state index in [0.717, 1.165) is 10.9 Å². The second kappa shape index (κ2) is 4.24. The molecule has 3 atom stereocenters. The molecule has 0 spiro atoms. The van der Waals surface area contributed by atoms with Gasteiger partial charge in [0.1, 0.15) is 0 Å². The van der Waals surface area contributed by atoms with Crippen molar-refractivity contribution in [3.63, 3.8) is 0 Å². The molecule has 1 aliphatic carbocycles. The fourth-order valence-corrected chi connectivity index (χ4v) is 3.06. The van der Waals surface area contributed by atoms with Crippen molar-refractivity contribution in [2.24, 2.45) is 5.92 Å². The number of hydrogen-bond donors (Lipinski definition) is 0. The predicted octanol–water partition coefficient (Wildman–Crippen LogP) is 4.62. The number of alkyl halides is 1. The van der Waals surface area contributed by atoms with Crippen molar-refractivity contribution < 1.29 is 0 Å². The van der Waals surface area contributed by atoms with E-state index in [4.69, 9.17) is 11.6 Å². The highest BCUT2D eigenvalue weighted by atomic mass is 79.9. The quantitative estimate of drug-likeness (QED) is 0.655. The van der Waals surface area contributed by atoms with E-state index in [1.54, 1.807) is 0 Å².